The van der Waals surface area contributed by atoms with Crippen LogP contribution >= 0.6 is 11.8 Å². The molecule has 0 saturated carbocycles. The number of rotatable bonds is 7. The molecular formula is C15H23N3O6S2. The second-order valence-electron chi connectivity index (χ2n) is 6.95. The van der Waals surface area contributed by atoms with Crippen LogP contribution in [0.3, 0.4) is 0 Å². The highest BCUT2D eigenvalue weighted by atomic mass is 32.2. The van der Waals surface area contributed by atoms with Crippen LogP contribution in [-0.4, -0.2) is 72.3 Å². The zero-order chi connectivity index (χ0) is 19.2. The first kappa shape index (κ1) is 19.8. The predicted octanol–water partition coefficient (Wildman–Crippen LogP) is -0.670. The number of hydrogen-bond donors (Lipinski definition) is 5. The molecule has 0 aromatic heterocycles. The highest BCUT2D eigenvalue weighted by Crippen LogP contribution is 2.51. The normalized spacial score (nSPS) is 36.1. The van der Waals surface area contributed by atoms with Crippen LogP contribution in [-0.2, 0) is 20.9 Å². The van der Waals surface area contributed by atoms with Crippen LogP contribution in [0.2, 0.25) is 0 Å². The Labute approximate surface area is 158 Å². The van der Waals surface area contributed by atoms with E-state index in [0.29, 0.717) is 18.0 Å². The molecule has 26 heavy (non-hydrogen) atoms. The van der Waals surface area contributed by atoms with Gasteiger partial charge in [-0.05, 0) is 13.3 Å². The Morgan fingerprint density at radius 3 is 2.81 bits per heavy atom. The van der Waals surface area contributed by atoms with E-state index in [9.17, 15) is 24.0 Å². The average Bonchev–Trinajstić information content (AvgIpc) is 3.08. The van der Waals surface area contributed by atoms with Crippen LogP contribution in [0.1, 0.15) is 20.3 Å². The van der Waals surface area contributed by atoms with Gasteiger partial charge in [0.15, 0.2) is 0 Å². The third kappa shape index (κ3) is 3.43. The first-order chi connectivity index (χ1) is 12.2. The maximum atomic E-state index is 12.3. The topological polar surface area (TPSA) is 139 Å². The summed E-state index contributed by atoms with van der Waals surface area (Å²) in [5, 5.41) is 22.8. The van der Waals surface area contributed by atoms with E-state index in [1.165, 1.54) is 16.7 Å². The average molecular weight is 405 g/mol. The first-order valence-corrected chi connectivity index (χ1v) is 10.4. The molecule has 3 aliphatic rings. The number of hydrogen-bond acceptors (Lipinski definition) is 6. The molecule has 0 radical (unpaired) electrons. The second kappa shape index (κ2) is 7.56. The van der Waals surface area contributed by atoms with Crippen molar-refractivity contribution < 1.29 is 28.6 Å². The molecule has 2 saturated heterocycles. The van der Waals surface area contributed by atoms with Crippen molar-refractivity contribution >= 4 is 34.9 Å². The van der Waals surface area contributed by atoms with Gasteiger partial charge in [-0.1, -0.05) is 6.92 Å². The van der Waals surface area contributed by atoms with Gasteiger partial charge in [-0.25, -0.2) is 13.7 Å². The van der Waals surface area contributed by atoms with Gasteiger partial charge < -0.3 is 20.4 Å². The number of aliphatic carboxylic acids is 1. The number of thioether (sulfide) groups is 1. The summed E-state index contributed by atoms with van der Waals surface area (Å²) in [5.74, 6) is -2.16. The quantitative estimate of drug-likeness (QED) is 0.278. The van der Waals surface area contributed by atoms with E-state index in [1.807, 2.05) is 6.92 Å². The van der Waals surface area contributed by atoms with Crippen molar-refractivity contribution in [2.24, 2.45) is 11.8 Å². The van der Waals surface area contributed by atoms with E-state index in [4.69, 9.17) is 4.55 Å². The Morgan fingerprint density at radius 2 is 2.23 bits per heavy atom. The number of carbonyl (C=O) groups is 2. The number of carbonyl (C=O) groups excluding carboxylic acids is 1. The summed E-state index contributed by atoms with van der Waals surface area (Å²) in [5.41, 5.74) is 0.0347. The standard InChI is InChI=1S/C15H23N3O6S2/c1-6-11-10(7(2)19)14(20)18(11)12(15(21)22)13(6)25-9-3-8(16-5-9)4-17-26(23)24/h6-11,16-17,19H,3-5H2,1-2H3,(H,21,22)(H,23,24)/t6-,7-,8+,9+,10-,11-/m1/s1. The highest BCUT2D eigenvalue weighted by Gasteiger charge is 2.60. The lowest BCUT2D eigenvalue weighted by Crippen LogP contribution is -2.63. The van der Waals surface area contributed by atoms with E-state index in [1.54, 1.807) is 6.92 Å². The molecule has 0 aromatic rings. The van der Waals surface area contributed by atoms with E-state index < -0.39 is 29.3 Å². The summed E-state index contributed by atoms with van der Waals surface area (Å²) in [7, 11) is 0. The smallest absolute Gasteiger partial charge is 0.353 e. The van der Waals surface area contributed by atoms with Gasteiger partial charge in [0.2, 0.25) is 17.2 Å². The fourth-order valence-corrected chi connectivity index (χ4v) is 5.92. The van der Waals surface area contributed by atoms with Crippen molar-refractivity contribution in [3.8, 4) is 0 Å². The Bertz CT molecular complexity index is 670. The van der Waals surface area contributed by atoms with Gasteiger partial charge in [0.05, 0.1) is 18.1 Å². The van der Waals surface area contributed by atoms with Crippen LogP contribution in [0.5, 0.6) is 0 Å². The number of nitrogens with one attached hydrogen (secondary N) is 2. The number of fused-ring (bicyclic) bond motifs is 1. The molecule has 0 aliphatic carbocycles. The summed E-state index contributed by atoms with van der Waals surface area (Å²) in [4.78, 5) is 26.1. The molecule has 2 fully saturated rings. The van der Waals surface area contributed by atoms with Crippen LogP contribution in [0.4, 0.5) is 0 Å². The minimum absolute atomic E-state index is 0.0260. The van der Waals surface area contributed by atoms with Crippen molar-refractivity contribution in [3.63, 3.8) is 0 Å². The molecule has 3 heterocycles. The van der Waals surface area contributed by atoms with E-state index in [2.05, 4.69) is 10.0 Å². The summed E-state index contributed by atoms with van der Waals surface area (Å²) in [6.07, 6.45) is -0.0928. The SMILES string of the molecule is C[C@@H](O)[C@H]1C(=O)N2C(C(=O)O)=C(S[C@@H]3CN[C@H](CNS(=O)O)C3)[C@H](C)[C@H]12. The number of amides is 1. The number of carboxylic acid groups (broad SMARTS) is 1. The molecule has 11 heteroatoms. The number of aliphatic hydroxyl groups excluding tert-OH is 1. The zero-order valence-corrected chi connectivity index (χ0v) is 16.0. The summed E-state index contributed by atoms with van der Waals surface area (Å²) < 4.78 is 22.0. The van der Waals surface area contributed by atoms with Gasteiger partial charge >= 0.3 is 5.97 Å². The molecule has 0 spiro atoms. The maximum absolute atomic E-state index is 12.3. The number of aliphatic hydroxyl groups is 1. The molecule has 0 bridgehead atoms. The number of nitrogens with zero attached hydrogens (tertiary/aromatic N) is 1. The second-order valence-corrected chi connectivity index (χ2v) is 9.08. The Kier molecular flexibility index (Phi) is 5.75. The van der Waals surface area contributed by atoms with Gasteiger partial charge in [0.25, 0.3) is 0 Å². The van der Waals surface area contributed by atoms with Gasteiger partial charge in [0.1, 0.15) is 5.70 Å². The molecule has 146 valence electrons. The van der Waals surface area contributed by atoms with Crippen LogP contribution < -0.4 is 10.0 Å². The monoisotopic (exact) mass is 405 g/mol. The Hall–Kier alpha value is -0.980. The molecule has 1 amide bonds. The maximum Gasteiger partial charge on any atom is 0.353 e. The molecule has 5 N–H and O–H groups in total. The molecule has 9 nitrogen and oxygen atoms in total. The summed E-state index contributed by atoms with van der Waals surface area (Å²) >= 11 is -0.605. The van der Waals surface area contributed by atoms with Crippen molar-refractivity contribution in [1.29, 1.82) is 0 Å². The lowest BCUT2D eigenvalue weighted by Gasteiger charge is -2.46. The van der Waals surface area contributed by atoms with Gasteiger partial charge in [-0.15, -0.1) is 11.8 Å². The lowest BCUT2D eigenvalue weighted by atomic mass is 9.79. The third-order valence-corrected chi connectivity index (χ3v) is 7.16. The van der Waals surface area contributed by atoms with Gasteiger partial charge in [-0.3, -0.25) is 9.35 Å². The fourth-order valence-electron chi connectivity index (χ4n) is 4.06. The largest absolute Gasteiger partial charge is 0.477 e. The van der Waals surface area contributed by atoms with E-state index in [0.717, 1.165) is 6.42 Å². The minimum atomic E-state index is -2.06. The Morgan fingerprint density at radius 1 is 1.54 bits per heavy atom. The summed E-state index contributed by atoms with van der Waals surface area (Å²) in [6, 6.07) is -0.280. The predicted molar refractivity (Wildman–Crippen MR) is 96.2 cm³/mol. The van der Waals surface area contributed by atoms with Crippen LogP contribution in [0, 0.1) is 11.8 Å². The first-order valence-electron chi connectivity index (χ1n) is 8.45. The molecule has 3 aliphatic heterocycles. The number of carboxylic acids is 1. The van der Waals surface area contributed by atoms with Crippen molar-refractivity contribution in [2.45, 2.75) is 43.7 Å². The number of β-lactam (4-membered cyclic amide) rings is 1. The lowest BCUT2D eigenvalue weighted by molar-refractivity contribution is -0.163. The zero-order valence-electron chi connectivity index (χ0n) is 14.4. The third-order valence-electron chi connectivity index (χ3n) is 5.24. The van der Waals surface area contributed by atoms with Crippen molar-refractivity contribution in [3.05, 3.63) is 10.6 Å². The minimum Gasteiger partial charge on any atom is -0.477 e. The molecule has 1 unspecified atom stereocenters. The molecule has 3 rings (SSSR count). The summed E-state index contributed by atoms with van der Waals surface area (Å²) in [6.45, 7) is 4.45. The van der Waals surface area contributed by atoms with Gasteiger partial charge in [0, 0.05) is 35.2 Å². The highest BCUT2D eigenvalue weighted by molar-refractivity contribution is 8.03. The van der Waals surface area contributed by atoms with E-state index in [-0.39, 0.29) is 34.9 Å². The van der Waals surface area contributed by atoms with Crippen LogP contribution in [0.25, 0.3) is 0 Å². The fraction of sp³-hybridized carbons (Fsp3) is 0.733. The van der Waals surface area contributed by atoms with E-state index >= 15 is 0 Å². The molecule has 0 aromatic carbocycles. The molecule has 7 atom stereocenters. The Balaban J connectivity index is 1.72. The molecular weight excluding hydrogens is 382 g/mol. The van der Waals surface area contributed by atoms with Crippen molar-refractivity contribution in [2.75, 3.05) is 13.1 Å². The van der Waals surface area contributed by atoms with Crippen molar-refractivity contribution in [1.82, 2.24) is 14.9 Å². The van der Waals surface area contributed by atoms with Gasteiger partial charge in [-0.2, -0.15) is 0 Å². The van der Waals surface area contributed by atoms with Crippen LogP contribution in [0.15, 0.2) is 10.6 Å².